The molecule has 0 spiro atoms. The Bertz CT molecular complexity index is 429. The molecule has 2 N–H and O–H groups in total. The average molecular weight is 419 g/mol. The van der Waals surface area contributed by atoms with Crippen molar-refractivity contribution in [1.82, 2.24) is 0 Å². The molecule has 1 aromatic carbocycles. The Morgan fingerprint density at radius 3 is 2.25 bits per heavy atom. The van der Waals surface area contributed by atoms with E-state index < -0.39 is 19.2 Å². The van der Waals surface area contributed by atoms with E-state index in [1.165, 1.54) is 0 Å². The summed E-state index contributed by atoms with van der Waals surface area (Å²) in [5.74, 6) is 0.378. The molecule has 0 bridgehead atoms. The standard InChI is InChI=1S/C13H16Br2F3NO/c1-2-9(19)5-8-6-10(14)12(11(15)7-8)20-4-3-13(16,17)18/h6-7,9H,2-5,19H2,1H3. The summed E-state index contributed by atoms with van der Waals surface area (Å²) in [6, 6.07) is 3.71. The first-order valence-corrected chi connectivity index (χ1v) is 7.74. The molecule has 0 amide bonds. The zero-order chi connectivity index (χ0) is 15.3. The van der Waals surface area contributed by atoms with E-state index in [0.717, 1.165) is 12.0 Å². The Kier molecular flexibility index (Phi) is 6.81. The zero-order valence-electron chi connectivity index (χ0n) is 10.9. The van der Waals surface area contributed by atoms with E-state index in [1.807, 2.05) is 19.1 Å². The van der Waals surface area contributed by atoms with Crippen molar-refractivity contribution in [3.05, 3.63) is 26.6 Å². The average Bonchev–Trinajstić information content (AvgIpc) is 2.31. The van der Waals surface area contributed by atoms with Gasteiger partial charge in [0, 0.05) is 6.04 Å². The van der Waals surface area contributed by atoms with Crippen molar-refractivity contribution in [1.29, 1.82) is 0 Å². The maximum absolute atomic E-state index is 12.1. The van der Waals surface area contributed by atoms with Crippen LogP contribution >= 0.6 is 31.9 Å². The van der Waals surface area contributed by atoms with E-state index in [4.69, 9.17) is 10.5 Å². The summed E-state index contributed by atoms with van der Waals surface area (Å²) in [6.07, 6.45) is -3.63. The number of alkyl halides is 3. The van der Waals surface area contributed by atoms with Crippen molar-refractivity contribution in [2.75, 3.05) is 6.61 Å². The second kappa shape index (κ2) is 7.66. The van der Waals surface area contributed by atoms with E-state index in [-0.39, 0.29) is 6.04 Å². The van der Waals surface area contributed by atoms with Gasteiger partial charge >= 0.3 is 6.18 Å². The summed E-state index contributed by atoms with van der Waals surface area (Å²) in [5, 5.41) is 0. The van der Waals surface area contributed by atoms with Gasteiger partial charge in [-0.2, -0.15) is 13.2 Å². The summed E-state index contributed by atoms with van der Waals surface area (Å²) >= 11 is 6.63. The molecule has 20 heavy (non-hydrogen) atoms. The minimum absolute atomic E-state index is 0.0609. The molecule has 2 nitrogen and oxygen atoms in total. The maximum Gasteiger partial charge on any atom is 0.392 e. The van der Waals surface area contributed by atoms with E-state index in [9.17, 15) is 13.2 Å². The summed E-state index contributed by atoms with van der Waals surface area (Å²) in [6.45, 7) is 1.60. The van der Waals surface area contributed by atoms with Crippen molar-refractivity contribution in [2.45, 2.75) is 38.4 Å². The smallest absolute Gasteiger partial charge is 0.392 e. The lowest BCUT2D eigenvalue weighted by Gasteiger charge is -2.14. The van der Waals surface area contributed by atoms with Gasteiger partial charge < -0.3 is 10.5 Å². The van der Waals surface area contributed by atoms with Gasteiger partial charge in [-0.3, -0.25) is 0 Å². The second-order valence-corrected chi connectivity index (χ2v) is 6.18. The first-order chi connectivity index (χ1) is 9.23. The number of hydrogen-bond donors (Lipinski definition) is 1. The topological polar surface area (TPSA) is 35.2 Å². The molecule has 1 atom stereocenters. The fourth-order valence-corrected chi connectivity index (χ4v) is 3.09. The zero-order valence-corrected chi connectivity index (χ0v) is 14.1. The van der Waals surface area contributed by atoms with E-state index in [0.29, 0.717) is 21.1 Å². The number of halogens is 5. The Labute approximate surface area is 133 Å². The van der Waals surface area contributed by atoms with Crippen LogP contribution in [-0.4, -0.2) is 18.8 Å². The van der Waals surface area contributed by atoms with Gasteiger partial charge in [-0.05, 0) is 62.4 Å². The van der Waals surface area contributed by atoms with Gasteiger partial charge in [-0.1, -0.05) is 6.92 Å². The van der Waals surface area contributed by atoms with Crippen LogP contribution in [0.2, 0.25) is 0 Å². The molecule has 1 unspecified atom stereocenters. The lowest BCUT2D eigenvalue weighted by Crippen LogP contribution is -2.21. The number of hydrogen-bond acceptors (Lipinski definition) is 2. The second-order valence-electron chi connectivity index (χ2n) is 4.47. The van der Waals surface area contributed by atoms with Crippen LogP contribution in [0.15, 0.2) is 21.1 Å². The Morgan fingerprint density at radius 1 is 1.25 bits per heavy atom. The molecule has 0 heterocycles. The highest BCUT2D eigenvalue weighted by Crippen LogP contribution is 2.35. The minimum Gasteiger partial charge on any atom is -0.491 e. The molecular formula is C13H16Br2F3NO. The van der Waals surface area contributed by atoms with E-state index in [1.54, 1.807) is 0 Å². The predicted molar refractivity (Wildman–Crippen MR) is 80.0 cm³/mol. The summed E-state index contributed by atoms with van der Waals surface area (Å²) in [5.41, 5.74) is 6.89. The van der Waals surface area contributed by atoms with Crippen molar-refractivity contribution in [2.24, 2.45) is 5.73 Å². The number of benzene rings is 1. The van der Waals surface area contributed by atoms with Crippen LogP contribution in [0.3, 0.4) is 0 Å². The third kappa shape index (κ3) is 6.01. The summed E-state index contributed by atoms with van der Waals surface area (Å²) in [7, 11) is 0. The molecule has 114 valence electrons. The molecular weight excluding hydrogens is 403 g/mol. The van der Waals surface area contributed by atoms with Crippen LogP contribution in [0.25, 0.3) is 0 Å². The van der Waals surface area contributed by atoms with Crippen LogP contribution in [0.4, 0.5) is 13.2 Å². The van der Waals surface area contributed by atoms with Gasteiger partial charge in [0.2, 0.25) is 0 Å². The SMILES string of the molecule is CCC(N)Cc1cc(Br)c(OCCC(F)(F)F)c(Br)c1. The Hall–Kier alpha value is -0.270. The van der Waals surface area contributed by atoms with Crippen molar-refractivity contribution in [3.8, 4) is 5.75 Å². The molecule has 0 saturated heterocycles. The highest BCUT2D eigenvalue weighted by Gasteiger charge is 2.27. The predicted octanol–water partition coefficient (Wildman–Crippen LogP) is 4.82. The fraction of sp³-hybridized carbons (Fsp3) is 0.538. The molecule has 0 aliphatic carbocycles. The largest absolute Gasteiger partial charge is 0.491 e. The number of rotatable bonds is 6. The van der Waals surface area contributed by atoms with E-state index >= 15 is 0 Å². The van der Waals surface area contributed by atoms with Gasteiger partial charge in [0.05, 0.1) is 22.0 Å². The highest BCUT2D eigenvalue weighted by molar-refractivity contribution is 9.11. The summed E-state index contributed by atoms with van der Waals surface area (Å²) in [4.78, 5) is 0. The third-order valence-corrected chi connectivity index (χ3v) is 3.89. The van der Waals surface area contributed by atoms with Gasteiger partial charge in [-0.15, -0.1) is 0 Å². The molecule has 1 rings (SSSR count). The molecule has 0 radical (unpaired) electrons. The van der Waals surface area contributed by atoms with Crippen molar-refractivity contribution >= 4 is 31.9 Å². The van der Waals surface area contributed by atoms with Crippen LogP contribution in [0.5, 0.6) is 5.75 Å². The fourth-order valence-electron chi connectivity index (χ4n) is 1.58. The van der Waals surface area contributed by atoms with Crippen LogP contribution in [0.1, 0.15) is 25.3 Å². The third-order valence-electron chi connectivity index (χ3n) is 2.71. The molecule has 7 heteroatoms. The van der Waals surface area contributed by atoms with Crippen LogP contribution in [-0.2, 0) is 6.42 Å². The van der Waals surface area contributed by atoms with Gasteiger partial charge in [0.1, 0.15) is 5.75 Å². The molecule has 0 aromatic heterocycles. The molecule has 1 aromatic rings. The molecule has 0 aliphatic heterocycles. The van der Waals surface area contributed by atoms with Crippen molar-refractivity contribution in [3.63, 3.8) is 0 Å². The molecule has 0 saturated carbocycles. The first kappa shape index (κ1) is 17.8. The lowest BCUT2D eigenvalue weighted by atomic mass is 10.0. The minimum atomic E-state index is -4.22. The van der Waals surface area contributed by atoms with Crippen LogP contribution in [0, 0.1) is 0 Å². The normalized spacial score (nSPS) is 13.3. The van der Waals surface area contributed by atoms with Crippen LogP contribution < -0.4 is 10.5 Å². The Balaban J connectivity index is 2.74. The Morgan fingerprint density at radius 2 is 1.80 bits per heavy atom. The number of nitrogens with two attached hydrogens (primary N) is 1. The van der Waals surface area contributed by atoms with Gasteiger partial charge in [-0.25, -0.2) is 0 Å². The molecule has 0 fully saturated rings. The monoisotopic (exact) mass is 417 g/mol. The first-order valence-electron chi connectivity index (χ1n) is 6.16. The highest BCUT2D eigenvalue weighted by atomic mass is 79.9. The van der Waals surface area contributed by atoms with Gasteiger partial charge in [0.25, 0.3) is 0 Å². The summed E-state index contributed by atoms with van der Waals surface area (Å²) < 4.78 is 42.7. The number of ether oxygens (including phenoxy) is 1. The lowest BCUT2D eigenvalue weighted by molar-refractivity contribution is -0.139. The van der Waals surface area contributed by atoms with Crippen molar-refractivity contribution < 1.29 is 17.9 Å². The quantitative estimate of drug-likeness (QED) is 0.718. The molecule has 0 aliphatic rings. The van der Waals surface area contributed by atoms with Gasteiger partial charge in [0.15, 0.2) is 0 Å². The van der Waals surface area contributed by atoms with E-state index in [2.05, 4.69) is 31.9 Å². The maximum atomic E-state index is 12.1.